The molecule has 1 aliphatic heterocycles. The second-order valence-corrected chi connectivity index (χ2v) is 10.4. The highest BCUT2D eigenvalue weighted by molar-refractivity contribution is 7.89. The van der Waals surface area contributed by atoms with E-state index in [2.05, 4.69) is 0 Å². The highest BCUT2D eigenvalue weighted by Crippen LogP contribution is 2.42. The van der Waals surface area contributed by atoms with Crippen molar-refractivity contribution in [2.45, 2.75) is 31.7 Å². The van der Waals surface area contributed by atoms with E-state index in [1.807, 2.05) is 13.8 Å². The van der Waals surface area contributed by atoms with Crippen LogP contribution in [0.5, 0.6) is 5.75 Å². The third kappa shape index (κ3) is 4.91. The Morgan fingerprint density at radius 1 is 1.06 bits per heavy atom. The fourth-order valence-corrected chi connectivity index (χ4v) is 4.41. The Labute approximate surface area is 208 Å². The SMILES string of the molecule is Cc1ccc(C2/C(=C(/O)c3ccc(OCC(C)C)cc3)C(=O)C(=O)N2c2ccc(S(N)(=O)=O)cc2)o1. The van der Waals surface area contributed by atoms with E-state index in [0.717, 1.165) is 0 Å². The van der Waals surface area contributed by atoms with Gasteiger partial charge in [0.05, 0.1) is 17.1 Å². The number of Topliss-reactive ketones (excluding diaryl/α,β-unsaturated/α-hetero) is 1. The van der Waals surface area contributed by atoms with Gasteiger partial charge < -0.3 is 14.3 Å². The molecule has 0 aliphatic carbocycles. The zero-order valence-corrected chi connectivity index (χ0v) is 20.8. The van der Waals surface area contributed by atoms with Gasteiger partial charge in [0.15, 0.2) is 0 Å². The normalized spacial score (nSPS) is 17.7. The van der Waals surface area contributed by atoms with Gasteiger partial charge in [0, 0.05) is 11.3 Å². The number of nitrogens with two attached hydrogens (primary N) is 1. The first-order valence-electron chi connectivity index (χ1n) is 11.2. The Hall–Kier alpha value is -3.89. The molecule has 3 N–H and O–H groups in total. The van der Waals surface area contributed by atoms with Gasteiger partial charge in [-0.15, -0.1) is 0 Å². The summed E-state index contributed by atoms with van der Waals surface area (Å²) in [7, 11) is -3.95. The van der Waals surface area contributed by atoms with Crippen molar-refractivity contribution in [2.24, 2.45) is 11.1 Å². The van der Waals surface area contributed by atoms with Crippen molar-refractivity contribution < 1.29 is 32.3 Å². The molecule has 9 nitrogen and oxygen atoms in total. The van der Waals surface area contributed by atoms with E-state index in [9.17, 15) is 23.1 Å². The second-order valence-electron chi connectivity index (χ2n) is 8.89. The molecule has 2 heterocycles. The lowest BCUT2D eigenvalue weighted by atomic mass is 9.99. The molecule has 2 aromatic carbocycles. The van der Waals surface area contributed by atoms with Crippen LogP contribution in [0.1, 0.15) is 37.0 Å². The number of aliphatic hydroxyl groups is 1. The molecule has 10 heteroatoms. The van der Waals surface area contributed by atoms with Gasteiger partial charge >= 0.3 is 0 Å². The number of carbonyl (C=O) groups is 2. The number of furan rings is 1. The van der Waals surface area contributed by atoms with Crippen LogP contribution in [0.3, 0.4) is 0 Å². The largest absolute Gasteiger partial charge is 0.507 e. The smallest absolute Gasteiger partial charge is 0.300 e. The Morgan fingerprint density at radius 2 is 1.69 bits per heavy atom. The number of aryl methyl sites for hydroxylation is 1. The number of ketones is 1. The number of sulfonamides is 1. The van der Waals surface area contributed by atoms with E-state index in [1.165, 1.54) is 29.2 Å². The number of benzene rings is 2. The van der Waals surface area contributed by atoms with Crippen LogP contribution < -0.4 is 14.8 Å². The van der Waals surface area contributed by atoms with E-state index in [-0.39, 0.29) is 27.7 Å². The maximum Gasteiger partial charge on any atom is 0.300 e. The number of carbonyl (C=O) groups excluding carboxylic acids is 2. The number of aliphatic hydroxyl groups excluding tert-OH is 1. The first-order valence-corrected chi connectivity index (χ1v) is 12.8. The monoisotopic (exact) mass is 510 g/mol. The molecule has 1 unspecified atom stereocenters. The quantitative estimate of drug-likeness (QED) is 0.279. The lowest BCUT2D eigenvalue weighted by molar-refractivity contribution is -0.132. The summed E-state index contributed by atoms with van der Waals surface area (Å²) in [6.45, 7) is 6.29. The summed E-state index contributed by atoms with van der Waals surface area (Å²) in [6, 6.07) is 14.0. The van der Waals surface area contributed by atoms with Crippen molar-refractivity contribution >= 4 is 33.2 Å². The molecule has 1 aromatic heterocycles. The molecule has 1 aliphatic rings. The van der Waals surface area contributed by atoms with Crippen LogP contribution >= 0.6 is 0 Å². The number of rotatable bonds is 7. The predicted octanol–water partition coefficient (Wildman–Crippen LogP) is 3.90. The fraction of sp³-hybridized carbons (Fsp3) is 0.231. The van der Waals surface area contributed by atoms with Crippen LogP contribution in [-0.2, 0) is 19.6 Å². The van der Waals surface area contributed by atoms with E-state index in [0.29, 0.717) is 29.6 Å². The minimum absolute atomic E-state index is 0.145. The van der Waals surface area contributed by atoms with Crippen LogP contribution in [0.25, 0.3) is 5.76 Å². The number of ether oxygens (including phenoxy) is 1. The lowest BCUT2D eigenvalue weighted by Crippen LogP contribution is -2.29. The molecule has 36 heavy (non-hydrogen) atoms. The third-order valence-corrected chi connectivity index (χ3v) is 6.56. The zero-order chi connectivity index (χ0) is 26.2. The number of hydrogen-bond donors (Lipinski definition) is 2. The van der Waals surface area contributed by atoms with Gasteiger partial charge in [0.2, 0.25) is 10.0 Å². The van der Waals surface area contributed by atoms with Crippen LogP contribution in [0.4, 0.5) is 5.69 Å². The lowest BCUT2D eigenvalue weighted by Gasteiger charge is -2.23. The molecule has 0 radical (unpaired) electrons. The van der Waals surface area contributed by atoms with Crippen LogP contribution in [0.2, 0.25) is 0 Å². The zero-order valence-electron chi connectivity index (χ0n) is 20.0. The van der Waals surface area contributed by atoms with Gasteiger partial charge in [0.25, 0.3) is 11.7 Å². The van der Waals surface area contributed by atoms with Gasteiger partial charge in [-0.1, -0.05) is 13.8 Å². The predicted molar refractivity (Wildman–Crippen MR) is 133 cm³/mol. The number of amides is 1. The first-order chi connectivity index (χ1) is 17.0. The van der Waals surface area contributed by atoms with E-state index in [4.69, 9.17) is 14.3 Å². The molecule has 0 bridgehead atoms. The number of anilines is 1. The molecule has 4 rings (SSSR count). The average Bonchev–Trinajstić information content (AvgIpc) is 3.37. The summed E-state index contributed by atoms with van der Waals surface area (Å²) in [5, 5.41) is 16.3. The molecule has 0 saturated carbocycles. The Morgan fingerprint density at radius 3 is 2.22 bits per heavy atom. The summed E-state index contributed by atoms with van der Waals surface area (Å²) in [5.74, 6) is -0.407. The van der Waals surface area contributed by atoms with Crippen molar-refractivity contribution in [2.75, 3.05) is 11.5 Å². The summed E-state index contributed by atoms with van der Waals surface area (Å²) in [5.41, 5.74) is 0.406. The molecule has 1 amide bonds. The van der Waals surface area contributed by atoms with Crippen molar-refractivity contribution in [3.63, 3.8) is 0 Å². The van der Waals surface area contributed by atoms with Crippen LogP contribution in [-0.4, -0.2) is 31.8 Å². The van der Waals surface area contributed by atoms with Crippen molar-refractivity contribution in [1.29, 1.82) is 0 Å². The summed E-state index contributed by atoms with van der Waals surface area (Å²) in [6.07, 6.45) is 0. The number of hydrogen-bond acceptors (Lipinski definition) is 7. The van der Waals surface area contributed by atoms with Gasteiger partial charge in [-0.25, -0.2) is 13.6 Å². The van der Waals surface area contributed by atoms with Crippen LogP contribution in [0, 0.1) is 12.8 Å². The summed E-state index contributed by atoms with van der Waals surface area (Å²) < 4.78 is 34.7. The fourth-order valence-electron chi connectivity index (χ4n) is 3.89. The van der Waals surface area contributed by atoms with Gasteiger partial charge in [-0.2, -0.15) is 0 Å². The Bertz CT molecular complexity index is 1440. The Kier molecular flexibility index (Phi) is 6.75. The van der Waals surface area contributed by atoms with E-state index in [1.54, 1.807) is 43.3 Å². The average molecular weight is 511 g/mol. The number of nitrogens with zero attached hydrogens (tertiary/aromatic N) is 1. The van der Waals surface area contributed by atoms with Crippen molar-refractivity contribution in [3.05, 3.63) is 83.3 Å². The van der Waals surface area contributed by atoms with E-state index >= 15 is 0 Å². The highest BCUT2D eigenvalue weighted by Gasteiger charge is 2.48. The second kappa shape index (κ2) is 9.63. The van der Waals surface area contributed by atoms with Gasteiger partial charge in [-0.3, -0.25) is 14.5 Å². The topological polar surface area (TPSA) is 140 Å². The molecule has 0 spiro atoms. The third-order valence-electron chi connectivity index (χ3n) is 5.63. The standard InChI is InChI=1S/C26H26N2O7S/c1-15(2)14-34-19-9-5-17(6-10-19)24(29)22-23(21-13-4-16(3)35-21)28(26(31)25(22)30)18-7-11-20(12-8-18)36(27,32)33/h4-13,15,23,29H,14H2,1-3H3,(H2,27,32,33)/b24-22-. The molecular formula is C26H26N2O7S. The first kappa shape index (κ1) is 25.2. The Balaban J connectivity index is 1.80. The molecule has 1 fully saturated rings. The molecule has 3 aromatic rings. The van der Waals surface area contributed by atoms with Crippen LogP contribution in [0.15, 0.2) is 75.5 Å². The molecular weight excluding hydrogens is 484 g/mol. The molecule has 1 atom stereocenters. The minimum atomic E-state index is -3.95. The molecule has 1 saturated heterocycles. The van der Waals surface area contributed by atoms with E-state index < -0.39 is 27.8 Å². The maximum absolute atomic E-state index is 13.2. The van der Waals surface area contributed by atoms with Gasteiger partial charge in [-0.05, 0) is 73.5 Å². The minimum Gasteiger partial charge on any atom is -0.507 e. The summed E-state index contributed by atoms with van der Waals surface area (Å²) in [4.78, 5) is 27.3. The van der Waals surface area contributed by atoms with Crippen molar-refractivity contribution in [1.82, 2.24) is 0 Å². The highest BCUT2D eigenvalue weighted by atomic mass is 32.2. The van der Waals surface area contributed by atoms with Crippen molar-refractivity contribution in [3.8, 4) is 5.75 Å². The number of primary sulfonamides is 1. The summed E-state index contributed by atoms with van der Waals surface area (Å²) >= 11 is 0. The van der Waals surface area contributed by atoms with Gasteiger partial charge in [0.1, 0.15) is 29.1 Å². The maximum atomic E-state index is 13.2. The molecule has 188 valence electrons.